The zero-order chi connectivity index (χ0) is 14.1. The van der Waals surface area contributed by atoms with Crippen molar-refractivity contribution in [3.8, 4) is 5.75 Å². The lowest BCUT2D eigenvalue weighted by Gasteiger charge is -2.29. The molecule has 3 nitrogen and oxygen atoms in total. The predicted octanol–water partition coefficient (Wildman–Crippen LogP) is 3.54. The minimum absolute atomic E-state index is 0.680. The van der Waals surface area contributed by atoms with E-state index in [0.717, 1.165) is 35.7 Å². The smallest absolute Gasteiger partial charge is 0.123 e. The number of hydrogen-bond donors (Lipinski definition) is 1. The Balaban J connectivity index is 1.68. The topological polar surface area (TPSA) is 38.5 Å². The molecule has 2 bridgehead atoms. The van der Waals surface area contributed by atoms with Gasteiger partial charge in [0.2, 0.25) is 0 Å². The number of anilines is 2. The summed E-state index contributed by atoms with van der Waals surface area (Å²) in [5.74, 6) is 3.73. The van der Waals surface area contributed by atoms with E-state index in [1.54, 1.807) is 0 Å². The van der Waals surface area contributed by atoms with Crippen molar-refractivity contribution in [3.05, 3.63) is 18.2 Å². The second-order valence-electron chi connectivity index (χ2n) is 6.51. The Bertz CT molecular complexity index is 474. The highest BCUT2D eigenvalue weighted by Gasteiger charge is 2.39. The molecule has 0 aromatic heterocycles. The maximum absolute atomic E-state index is 5.99. The Morgan fingerprint density at radius 3 is 2.75 bits per heavy atom. The number of nitrogens with zero attached hydrogens (tertiary/aromatic N) is 1. The van der Waals surface area contributed by atoms with Crippen molar-refractivity contribution in [1.29, 1.82) is 0 Å². The number of hydrogen-bond acceptors (Lipinski definition) is 3. The van der Waals surface area contributed by atoms with Gasteiger partial charge in [-0.15, -0.1) is 0 Å². The Kier molecular flexibility index (Phi) is 3.77. The van der Waals surface area contributed by atoms with E-state index in [1.165, 1.54) is 31.4 Å². The fourth-order valence-electron chi connectivity index (χ4n) is 4.13. The molecule has 2 fully saturated rings. The molecule has 1 aromatic carbocycles. The molecular formula is C17H26N2O. The monoisotopic (exact) mass is 274 g/mol. The highest BCUT2D eigenvalue weighted by Crippen LogP contribution is 2.48. The first-order valence-electron chi connectivity index (χ1n) is 7.90. The number of nitrogen functional groups attached to an aromatic ring is 1. The molecule has 3 heteroatoms. The quantitative estimate of drug-likeness (QED) is 0.835. The van der Waals surface area contributed by atoms with E-state index in [1.807, 2.05) is 13.0 Å². The van der Waals surface area contributed by atoms with E-state index < -0.39 is 0 Å². The van der Waals surface area contributed by atoms with Crippen LogP contribution in [0.25, 0.3) is 0 Å². The minimum atomic E-state index is 0.680. The van der Waals surface area contributed by atoms with Gasteiger partial charge in [0.05, 0.1) is 6.61 Å². The molecule has 3 atom stereocenters. The van der Waals surface area contributed by atoms with Crippen LogP contribution >= 0.6 is 0 Å². The highest BCUT2D eigenvalue weighted by molar-refractivity contribution is 5.60. The molecule has 2 N–H and O–H groups in total. The van der Waals surface area contributed by atoms with Crippen LogP contribution in [0, 0.1) is 17.8 Å². The molecule has 0 radical (unpaired) electrons. The summed E-state index contributed by atoms with van der Waals surface area (Å²) in [4.78, 5) is 2.35. The summed E-state index contributed by atoms with van der Waals surface area (Å²) in [5.41, 5.74) is 7.95. The molecule has 1 aromatic rings. The largest absolute Gasteiger partial charge is 0.494 e. The first kappa shape index (κ1) is 13.6. The molecule has 20 heavy (non-hydrogen) atoms. The molecule has 2 aliphatic rings. The average molecular weight is 274 g/mol. The predicted molar refractivity (Wildman–Crippen MR) is 84.2 cm³/mol. The third-order valence-electron chi connectivity index (χ3n) is 5.06. The summed E-state index contributed by atoms with van der Waals surface area (Å²) in [6.45, 7) is 3.83. The van der Waals surface area contributed by atoms with E-state index in [4.69, 9.17) is 10.5 Å². The lowest BCUT2D eigenvalue weighted by Crippen LogP contribution is -2.28. The van der Waals surface area contributed by atoms with Gasteiger partial charge in [0.15, 0.2) is 0 Å². The zero-order valence-electron chi connectivity index (χ0n) is 12.6. The standard InChI is InChI=1S/C17H26N2O/c1-3-20-17-9-15(18)8-16(10-17)19(2)11-14-7-12-4-5-13(14)6-12/h8-10,12-14H,3-7,11,18H2,1-2H3. The second kappa shape index (κ2) is 5.55. The Labute approximate surface area is 122 Å². The molecule has 2 aliphatic carbocycles. The summed E-state index contributed by atoms with van der Waals surface area (Å²) in [6, 6.07) is 6.06. The van der Waals surface area contributed by atoms with Gasteiger partial charge in [0.1, 0.15) is 5.75 Å². The maximum atomic E-state index is 5.99. The number of rotatable bonds is 5. The normalized spacial score (nSPS) is 27.8. The number of ether oxygens (including phenoxy) is 1. The van der Waals surface area contributed by atoms with Crippen LogP contribution < -0.4 is 15.4 Å². The van der Waals surface area contributed by atoms with E-state index in [2.05, 4.69) is 24.1 Å². The Hall–Kier alpha value is -1.38. The molecular weight excluding hydrogens is 248 g/mol. The molecule has 0 heterocycles. The highest BCUT2D eigenvalue weighted by atomic mass is 16.5. The lowest BCUT2D eigenvalue weighted by atomic mass is 9.88. The van der Waals surface area contributed by atoms with E-state index >= 15 is 0 Å². The maximum Gasteiger partial charge on any atom is 0.123 e. The summed E-state index contributed by atoms with van der Waals surface area (Å²) >= 11 is 0. The van der Waals surface area contributed by atoms with E-state index in [-0.39, 0.29) is 0 Å². The first-order valence-corrected chi connectivity index (χ1v) is 7.90. The first-order chi connectivity index (χ1) is 9.65. The van der Waals surface area contributed by atoms with Crippen molar-refractivity contribution in [3.63, 3.8) is 0 Å². The van der Waals surface area contributed by atoms with Gasteiger partial charge < -0.3 is 15.4 Å². The van der Waals surface area contributed by atoms with Crippen LogP contribution in [-0.4, -0.2) is 20.2 Å². The van der Waals surface area contributed by atoms with Gasteiger partial charge in [-0.3, -0.25) is 0 Å². The number of nitrogens with two attached hydrogens (primary N) is 1. The molecule has 0 spiro atoms. The van der Waals surface area contributed by atoms with Crippen molar-refractivity contribution in [2.24, 2.45) is 17.8 Å². The van der Waals surface area contributed by atoms with Crippen molar-refractivity contribution >= 4 is 11.4 Å². The van der Waals surface area contributed by atoms with Crippen molar-refractivity contribution in [1.82, 2.24) is 0 Å². The molecule has 0 saturated heterocycles. The van der Waals surface area contributed by atoms with Gasteiger partial charge in [-0.1, -0.05) is 6.42 Å². The summed E-state index contributed by atoms with van der Waals surface area (Å²) in [5, 5.41) is 0. The van der Waals surface area contributed by atoms with Gasteiger partial charge in [-0.05, 0) is 50.0 Å². The van der Waals surface area contributed by atoms with Crippen molar-refractivity contribution in [2.45, 2.75) is 32.6 Å². The van der Waals surface area contributed by atoms with Crippen molar-refractivity contribution in [2.75, 3.05) is 30.8 Å². The molecule has 110 valence electrons. The van der Waals surface area contributed by atoms with Crippen LogP contribution in [-0.2, 0) is 0 Å². The van der Waals surface area contributed by atoms with Crippen LogP contribution in [0.5, 0.6) is 5.75 Å². The summed E-state index contributed by atoms with van der Waals surface area (Å²) in [7, 11) is 2.18. The molecule has 0 aliphatic heterocycles. The van der Waals surface area contributed by atoms with E-state index in [0.29, 0.717) is 6.61 Å². The molecule has 3 unspecified atom stereocenters. The fraction of sp³-hybridized carbons (Fsp3) is 0.647. The van der Waals surface area contributed by atoms with Gasteiger partial charge in [0.25, 0.3) is 0 Å². The van der Waals surface area contributed by atoms with Crippen LogP contribution in [0.15, 0.2) is 18.2 Å². The van der Waals surface area contributed by atoms with Crippen molar-refractivity contribution < 1.29 is 4.74 Å². The molecule has 0 amide bonds. The second-order valence-corrected chi connectivity index (χ2v) is 6.51. The van der Waals surface area contributed by atoms with Gasteiger partial charge in [-0.25, -0.2) is 0 Å². The third-order valence-corrected chi connectivity index (χ3v) is 5.06. The van der Waals surface area contributed by atoms with E-state index in [9.17, 15) is 0 Å². The van der Waals surface area contributed by atoms with Gasteiger partial charge >= 0.3 is 0 Å². The lowest BCUT2D eigenvalue weighted by molar-refractivity contribution is 0.335. The Morgan fingerprint density at radius 2 is 2.10 bits per heavy atom. The minimum Gasteiger partial charge on any atom is -0.494 e. The summed E-state index contributed by atoms with van der Waals surface area (Å²) < 4.78 is 5.59. The van der Waals surface area contributed by atoms with Gasteiger partial charge in [0, 0.05) is 37.1 Å². The van der Waals surface area contributed by atoms with Crippen LogP contribution in [0.2, 0.25) is 0 Å². The zero-order valence-corrected chi connectivity index (χ0v) is 12.6. The summed E-state index contributed by atoms with van der Waals surface area (Å²) in [6.07, 6.45) is 5.82. The van der Waals surface area contributed by atoms with Gasteiger partial charge in [-0.2, -0.15) is 0 Å². The molecule has 3 rings (SSSR count). The third kappa shape index (κ3) is 2.72. The Morgan fingerprint density at radius 1 is 1.25 bits per heavy atom. The van der Waals surface area contributed by atoms with Crippen LogP contribution in [0.4, 0.5) is 11.4 Å². The average Bonchev–Trinajstić information content (AvgIpc) is 3.00. The number of fused-ring (bicyclic) bond motifs is 2. The van der Waals surface area contributed by atoms with Crippen LogP contribution in [0.3, 0.4) is 0 Å². The SMILES string of the molecule is CCOc1cc(N)cc(N(C)CC2CC3CCC2C3)c1. The fourth-order valence-corrected chi connectivity index (χ4v) is 4.13. The van der Waals surface area contributed by atoms with Crippen LogP contribution in [0.1, 0.15) is 32.6 Å². The molecule has 2 saturated carbocycles. The number of benzene rings is 1.